The summed E-state index contributed by atoms with van der Waals surface area (Å²) in [6.07, 6.45) is 0. The highest BCUT2D eigenvalue weighted by atomic mass is 16.4. The molecule has 4 nitrogen and oxygen atoms in total. The number of aromatic carboxylic acids is 2. The van der Waals surface area contributed by atoms with Gasteiger partial charge in [-0.25, -0.2) is 9.59 Å². The fourth-order valence-corrected chi connectivity index (χ4v) is 1.51. The molecular weight excluding hydrogens is 232 g/mol. The van der Waals surface area contributed by atoms with Crippen molar-refractivity contribution in [2.75, 3.05) is 0 Å². The Morgan fingerprint density at radius 3 is 1.39 bits per heavy atom. The molecule has 0 saturated heterocycles. The number of carboxylic acids is 2. The normalized spacial score (nSPS) is 9.33. The van der Waals surface area contributed by atoms with Crippen LogP contribution in [0.1, 0.15) is 20.7 Å². The summed E-state index contributed by atoms with van der Waals surface area (Å²) in [5, 5.41) is 19.0. The third-order valence-corrected chi connectivity index (χ3v) is 2.33. The van der Waals surface area contributed by atoms with E-state index in [9.17, 15) is 9.59 Å². The summed E-state index contributed by atoms with van der Waals surface area (Å²) in [5.41, 5.74) is 0.381. The van der Waals surface area contributed by atoms with Gasteiger partial charge in [-0.2, -0.15) is 0 Å². The van der Waals surface area contributed by atoms with Gasteiger partial charge >= 0.3 is 11.9 Å². The number of rotatable bonds is 2. The highest BCUT2D eigenvalue weighted by molar-refractivity contribution is 5.97. The minimum absolute atomic E-state index is 0.190. The molecule has 0 bridgehead atoms. The molecule has 0 saturated carbocycles. The van der Waals surface area contributed by atoms with Crippen molar-refractivity contribution in [3.63, 3.8) is 0 Å². The van der Waals surface area contributed by atoms with E-state index in [-0.39, 0.29) is 11.1 Å². The first-order valence-corrected chi connectivity index (χ1v) is 5.08. The van der Waals surface area contributed by atoms with E-state index in [1.807, 2.05) is 0 Å². The molecule has 0 radical (unpaired) electrons. The fraction of sp³-hybridized carbons (Fsp3) is 0. The number of carbonyl (C=O) groups is 2. The smallest absolute Gasteiger partial charge is 0.335 e. The van der Waals surface area contributed by atoms with E-state index in [0.717, 1.165) is 0 Å². The van der Waals surface area contributed by atoms with E-state index in [4.69, 9.17) is 10.2 Å². The van der Waals surface area contributed by atoms with Crippen LogP contribution in [0.4, 0.5) is 0 Å². The van der Waals surface area contributed by atoms with Crippen molar-refractivity contribution in [2.24, 2.45) is 0 Å². The summed E-state index contributed by atoms with van der Waals surface area (Å²) < 4.78 is 0. The molecule has 2 rings (SSSR count). The Kier molecular flexibility index (Phi) is 4.21. The van der Waals surface area contributed by atoms with Gasteiger partial charge in [0.25, 0.3) is 0 Å². The lowest BCUT2D eigenvalue weighted by atomic mass is 10.0. The third-order valence-electron chi connectivity index (χ3n) is 2.33. The van der Waals surface area contributed by atoms with Crippen LogP contribution in [0, 0.1) is 0 Å². The Balaban J connectivity index is 0.000000771. The molecule has 0 spiro atoms. The van der Waals surface area contributed by atoms with Crippen LogP contribution in [0.3, 0.4) is 0 Å². The van der Waals surface area contributed by atoms with Crippen molar-refractivity contribution >= 4 is 22.7 Å². The number of carboxylic acid groups (broad SMARTS) is 2. The molecule has 0 atom stereocenters. The zero-order valence-corrected chi connectivity index (χ0v) is 9.59. The van der Waals surface area contributed by atoms with Gasteiger partial charge in [-0.3, -0.25) is 0 Å². The van der Waals surface area contributed by atoms with Crippen LogP contribution in [0.5, 0.6) is 0 Å². The largest absolute Gasteiger partial charge is 0.478 e. The lowest BCUT2D eigenvalue weighted by molar-refractivity contribution is 0.0686. The molecule has 0 amide bonds. The number of hydrogen-bond donors (Lipinski definition) is 2. The molecule has 92 valence electrons. The molecule has 2 aromatic carbocycles. The summed E-state index contributed by atoms with van der Waals surface area (Å²) in [5.74, 6) is -1.99. The van der Waals surface area contributed by atoms with Crippen molar-refractivity contribution in [2.45, 2.75) is 0 Å². The lowest BCUT2D eigenvalue weighted by Gasteiger charge is -2.01. The van der Waals surface area contributed by atoms with Crippen LogP contribution in [-0.2, 0) is 0 Å². The summed E-state index contributed by atoms with van der Waals surface area (Å²) >= 11 is 0. The van der Waals surface area contributed by atoms with Gasteiger partial charge in [-0.15, -0.1) is 13.2 Å². The predicted molar refractivity (Wildman–Crippen MR) is 69.1 cm³/mol. The van der Waals surface area contributed by atoms with Gasteiger partial charge < -0.3 is 10.2 Å². The SMILES string of the molecule is C=C.O=C(O)c1ccc2cc(C(=O)O)ccc2c1. The van der Waals surface area contributed by atoms with Crippen molar-refractivity contribution in [1.82, 2.24) is 0 Å². The van der Waals surface area contributed by atoms with Crippen molar-refractivity contribution in [3.8, 4) is 0 Å². The van der Waals surface area contributed by atoms with Gasteiger partial charge in [0.2, 0.25) is 0 Å². The van der Waals surface area contributed by atoms with Crippen molar-refractivity contribution in [3.05, 3.63) is 60.7 Å². The van der Waals surface area contributed by atoms with Gasteiger partial charge in [-0.05, 0) is 35.0 Å². The van der Waals surface area contributed by atoms with Gasteiger partial charge in [0.05, 0.1) is 11.1 Å². The van der Waals surface area contributed by atoms with E-state index >= 15 is 0 Å². The van der Waals surface area contributed by atoms with E-state index < -0.39 is 11.9 Å². The minimum atomic E-state index is -0.996. The van der Waals surface area contributed by atoms with Crippen LogP contribution in [-0.4, -0.2) is 22.2 Å². The molecule has 0 aliphatic carbocycles. The van der Waals surface area contributed by atoms with Crippen LogP contribution in [0.15, 0.2) is 49.6 Å². The Morgan fingerprint density at radius 2 is 1.11 bits per heavy atom. The Labute approximate surface area is 104 Å². The Hall–Kier alpha value is -2.62. The predicted octanol–water partition coefficient (Wildman–Crippen LogP) is 3.04. The second-order valence-corrected chi connectivity index (χ2v) is 3.39. The summed E-state index contributed by atoms with van der Waals surface area (Å²) in [6.45, 7) is 6.00. The molecule has 0 heterocycles. The summed E-state index contributed by atoms with van der Waals surface area (Å²) in [4.78, 5) is 21.5. The zero-order valence-electron chi connectivity index (χ0n) is 9.59. The monoisotopic (exact) mass is 244 g/mol. The molecule has 2 N–H and O–H groups in total. The molecule has 2 aromatic rings. The van der Waals surface area contributed by atoms with Gasteiger partial charge in [-0.1, -0.05) is 12.1 Å². The van der Waals surface area contributed by atoms with Crippen molar-refractivity contribution < 1.29 is 19.8 Å². The van der Waals surface area contributed by atoms with E-state index in [0.29, 0.717) is 10.8 Å². The van der Waals surface area contributed by atoms with Crippen molar-refractivity contribution in [1.29, 1.82) is 0 Å². The summed E-state index contributed by atoms with van der Waals surface area (Å²) in [7, 11) is 0. The molecular formula is C14H12O4. The number of hydrogen-bond acceptors (Lipinski definition) is 2. The average molecular weight is 244 g/mol. The maximum absolute atomic E-state index is 10.7. The molecule has 0 aliphatic heterocycles. The highest BCUT2D eigenvalue weighted by Gasteiger charge is 2.06. The standard InChI is InChI=1S/C12H8O4.C2H4/c13-11(14)9-3-1-7-5-10(12(15)16)4-2-8(7)6-9;1-2/h1-6H,(H,13,14)(H,15,16);1-2H2. The second-order valence-electron chi connectivity index (χ2n) is 3.39. The van der Waals surface area contributed by atoms with Crippen LogP contribution in [0.25, 0.3) is 10.8 Å². The van der Waals surface area contributed by atoms with E-state index in [1.54, 1.807) is 12.1 Å². The number of benzene rings is 2. The molecule has 4 heteroatoms. The lowest BCUT2D eigenvalue weighted by Crippen LogP contribution is -1.97. The highest BCUT2D eigenvalue weighted by Crippen LogP contribution is 2.18. The van der Waals surface area contributed by atoms with E-state index in [1.165, 1.54) is 24.3 Å². The Morgan fingerprint density at radius 1 is 0.778 bits per heavy atom. The first-order chi connectivity index (χ1) is 8.58. The topological polar surface area (TPSA) is 74.6 Å². The first-order valence-electron chi connectivity index (χ1n) is 5.08. The summed E-state index contributed by atoms with van der Waals surface area (Å²) in [6, 6.07) is 9.15. The second kappa shape index (κ2) is 5.63. The van der Waals surface area contributed by atoms with Gasteiger partial charge in [0.1, 0.15) is 0 Å². The third kappa shape index (κ3) is 2.74. The molecule has 0 aliphatic rings. The first kappa shape index (κ1) is 13.4. The Bertz CT molecular complexity index is 549. The van der Waals surface area contributed by atoms with Crippen LogP contribution in [0.2, 0.25) is 0 Å². The van der Waals surface area contributed by atoms with Crippen LogP contribution >= 0.6 is 0 Å². The molecule has 0 aromatic heterocycles. The maximum Gasteiger partial charge on any atom is 0.335 e. The fourth-order valence-electron chi connectivity index (χ4n) is 1.51. The van der Waals surface area contributed by atoms with Gasteiger partial charge in [0.15, 0.2) is 0 Å². The zero-order chi connectivity index (χ0) is 13.7. The molecule has 18 heavy (non-hydrogen) atoms. The van der Waals surface area contributed by atoms with Gasteiger partial charge in [0, 0.05) is 0 Å². The number of fused-ring (bicyclic) bond motifs is 1. The molecule has 0 unspecified atom stereocenters. The average Bonchev–Trinajstić information content (AvgIpc) is 2.39. The van der Waals surface area contributed by atoms with Crippen LogP contribution < -0.4 is 0 Å². The minimum Gasteiger partial charge on any atom is -0.478 e. The molecule has 0 fully saturated rings. The quantitative estimate of drug-likeness (QED) is 0.796. The maximum atomic E-state index is 10.7. The van der Waals surface area contributed by atoms with E-state index in [2.05, 4.69) is 13.2 Å².